The number of piperidine rings is 1. The van der Waals surface area contributed by atoms with Gasteiger partial charge in [-0.05, 0) is 37.5 Å². The summed E-state index contributed by atoms with van der Waals surface area (Å²) in [5, 5.41) is 11.2. The van der Waals surface area contributed by atoms with Gasteiger partial charge in [-0.3, -0.25) is 0 Å². The van der Waals surface area contributed by atoms with Crippen molar-refractivity contribution in [3.8, 4) is 0 Å². The molecule has 0 spiro atoms. The van der Waals surface area contributed by atoms with Crippen LogP contribution in [0.15, 0.2) is 28.9 Å². The first-order valence-corrected chi connectivity index (χ1v) is 6.24. The number of furan rings is 1. The van der Waals surface area contributed by atoms with Crippen molar-refractivity contribution in [1.82, 2.24) is 0 Å². The summed E-state index contributed by atoms with van der Waals surface area (Å²) in [6.07, 6.45) is 5.64. The van der Waals surface area contributed by atoms with Crippen LogP contribution in [0.3, 0.4) is 0 Å². The molecule has 0 atom stereocenters. The van der Waals surface area contributed by atoms with E-state index in [0.717, 1.165) is 23.9 Å². The zero-order chi connectivity index (χ0) is 11.7. The van der Waals surface area contributed by atoms with Crippen LogP contribution in [0.1, 0.15) is 25.0 Å². The molecule has 1 N–H and O–H groups in total. The Kier molecular flexibility index (Phi) is 2.77. The topological polar surface area (TPSA) is 36.6 Å². The van der Waals surface area contributed by atoms with Crippen molar-refractivity contribution in [1.29, 1.82) is 0 Å². The number of aliphatic hydroxyl groups is 1. The first kappa shape index (κ1) is 10.7. The predicted octanol–water partition coefficient (Wildman–Crippen LogP) is 2.92. The third-order valence-electron chi connectivity index (χ3n) is 3.53. The SMILES string of the molecule is OCc1occ2cc(N3CCCCC3)ccc12. The van der Waals surface area contributed by atoms with Gasteiger partial charge in [0.1, 0.15) is 12.4 Å². The highest BCUT2D eigenvalue weighted by Crippen LogP contribution is 2.27. The zero-order valence-corrected chi connectivity index (χ0v) is 9.85. The van der Waals surface area contributed by atoms with Gasteiger partial charge in [0.05, 0.1) is 6.26 Å². The minimum atomic E-state index is -0.0352. The fourth-order valence-electron chi connectivity index (χ4n) is 2.57. The van der Waals surface area contributed by atoms with Crippen molar-refractivity contribution in [2.24, 2.45) is 0 Å². The van der Waals surface area contributed by atoms with Crippen LogP contribution in [0, 0.1) is 0 Å². The molecule has 0 saturated carbocycles. The molecule has 1 aliphatic rings. The third kappa shape index (κ3) is 1.91. The van der Waals surface area contributed by atoms with E-state index in [2.05, 4.69) is 17.0 Å². The minimum absolute atomic E-state index is 0.0352. The Morgan fingerprint density at radius 2 is 2.00 bits per heavy atom. The maximum Gasteiger partial charge on any atom is 0.136 e. The van der Waals surface area contributed by atoms with E-state index in [1.165, 1.54) is 24.9 Å². The highest BCUT2D eigenvalue weighted by Gasteiger charge is 2.12. The molecule has 3 heteroatoms. The monoisotopic (exact) mass is 231 g/mol. The van der Waals surface area contributed by atoms with Crippen LogP contribution < -0.4 is 4.90 Å². The van der Waals surface area contributed by atoms with E-state index in [9.17, 15) is 0 Å². The normalized spacial score (nSPS) is 16.6. The molecule has 1 saturated heterocycles. The molecule has 1 aliphatic heterocycles. The first-order valence-electron chi connectivity index (χ1n) is 6.24. The lowest BCUT2D eigenvalue weighted by molar-refractivity contribution is 0.249. The molecule has 3 rings (SSSR count). The zero-order valence-electron chi connectivity index (χ0n) is 9.85. The fourth-order valence-corrected chi connectivity index (χ4v) is 2.57. The van der Waals surface area contributed by atoms with Gasteiger partial charge in [0.25, 0.3) is 0 Å². The van der Waals surface area contributed by atoms with Gasteiger partial charge < -0.3 is 14.4 Å². The molecule has 90 valence electrons. The number of benzene rings is 1. The van der Waals surface area contributed by atoms with E-state index in [1.807, 2.05) is 6.07 Å². The molecular formula is C14H17NO2. The number of nitrogens with zero attached hydrogens (tertiary/aromatic N) is 1. The van der Waals surface area contributed by atoms with Crippen LogP contribution in [-0.2, 0) is 6.61 Å². The molecule has 0 radical (unpaired) electrons. The highest BCUT2D eigenvalue weighted by atomic mass is 16.4. The van der Waals surface area contributed by atoms with Crippen molar-refractivity contribution < 1.29 is 9.52 Å². The number of fused-ring (bicyclic) bond motifs is 1. The lowest BCUT2D eigenvalue weighted by Gasteiger charge is -2.28. The summed E-state index contributed by atoms with van der Waals surface area (Å²) in [6.45, 7) is 2.26. The first-order chi connectivity index (χ1) is 8.38. The molecule has 2 aromatic rings. The Balaban J connectivity index is 1.95. The second-order valence-electron chi connectivity index (χ2n) is 4.64. The molecule has 0 unspecified atom stereocenters. The Morgan fingerprint density at radius 1 is 1.18 bits per heavy atom. The Bertz CT molecular complexity index is 512. The molecule has 1 aromatic carbocycles. The smallest absolute Gasteiger partial charge is 0.136 e. The molecule has 1 fully saturated rings. The summed E-state index contributed by atoms with van der Waals surface area (Å²) >= 11 is 0. The van der Waals surface area contributed by atoms with Crippen molar-refractivity contribution >= 4 is 16.5 Å². The van der Waals surface area contributed by atoms with E-state index >= 15 is 0 Å². The maximum absolute atomic E-state index is 9.14. The summed E-state index contributed by atoms with van der Waals surface area (Å²) in [6, 6.07) is 6.33. The molecule has 1 aromatic heterocycles. The summed E-state index contributed by atoms with van der Waals surface area (Å²) in [4.78, 5) is 2.43. The van der Waals surface area contributed by atoms with Crippen molar-refractivity contribution in [2.45, 2.75) is 25.9 Å². The third-order valence-corrected chi connectivity index (χ3v) is 3.53. The van der Waals surface area contributed by atoms with Crippen LogP contribution in [0.5, 0.6) is 0 Å². The molecule has 17 heavy (non-hydrogen) atoms. The number of hydrogen-bond acceptors (Lipinski definition) is 3. The van der Waals surface area contributed by atoms with Gasteiger partial charge in [0, 0.05) is 29.5 Å². The quantitative estimate of drug-likeness (QED) is 0.863. The largest absolute Gasteiger partial charge is 0.466 e. The standard InChI is InChI=1S/C14H17NO2/c16-9-14-13-5-4-12(8-11(13)10-17-14)15-6-2-1-3-7-15/h4-5,8,10,16H,1-3,6-7,9H2. The van der Waals surface area contributed by atoms with Crippen molar-refractivity contribution in [2.75, 3.05) is 18.0 Å². The summed E-state index contributed by atoms with van der Waals surface area (Å²) < 4.78 is 5.34. The Hall–Kier alpha value is -1.48. The van der Waals surface area contributed by atoms with Gasteiger partial charge in [-0.15, -0.1) is 0 Å². The lowest BCUT2D eigenvalue weighted by Crippen LogP contribution is -2.29. The summed E-state index contributed by atoms with van der Waals surface area (Å²) in [5.74, 6) is 0.658. The molecular weight excluding hydrogens is 214 g/mol. The van der Waals surface area contributed by atoms with E-state index in [1.54, 1.807) is 6.26 Å². The van der Waals surface area contributed by atoms with Crippen molar-refractivity contribution in [3.05, 3.63) is 30.2 Å². The number of rotatable bonds is 2. The second kappa shape index (κ2) is 4.41. The van der Waals surface area contributed by atoms with Crippen LogP contribution in [0.25, 0.3) is 10.8 Å². The Morgan fingerprint density at radius 3 is 2.76 bits per heavy atom. The summed E-state index contributed by atoms with van der Waals surface area (Å²) in [5.41, 5.74) is 1.27. The molecule has 2 heterocycles. The summed E-state index contributed by atoms with van der Waals surface area (Å²) in [7, 11) is 0. The van der Waals surface area contributed by atoms with Gasteiger partial charge in [-0.2, -0.15) is 0 Å². The lowest BCUT2D eigenvalue weighted by atomic mass is 10.1. The average molecular weight is 231 g/mol. The van der Waals surface area contributed by atoms with E-state index in [-0.39, 0.29) is 6.61 Å². The molecule has 0 aliphatic carbocycles. The molecule has 0 bridgehead atoms. The van der Waals surface area contributed by atoms with Crippen LogP contribution in [0.4, 0.5) is 5.69 Å². The molecule has 0 amide bonds. The van der Waals surface area contributed by atoms with Gasteiger partial charge in [-0.1, -0.05) is 0 Å². The van der Waals surface area contributed by atoms with E-state index < -0.39 is 0 Å². The highest BCUT2D eigenvalue weighted by molar-refractivity contribution is 5.87. The molecule has 3 nitrogen and oxygen atoms in total. The van der Waals surface area contributed by atoms with Gasteiger partial charge in [0.15, 0.2) is 0 Å². The average Bonchev–Trinajstić information content (AvgIpc) is 2.81. The number of hydrogen-bond donors (Lipinski definition) is 1. The van der Waals surface area contributed by atoms with Crippen molar-refractivity contribution in [3.63, 3.8) is 0 Å². The van der Waals surface area contributed by atoms with Gasteiger partial charge >= 0.3 is 0 Å². The van der Waals surface area contributed by atoms with Crippen LogP contribution in [0.2, 0.25) is 0 Å². The predicted molar refractivity (Wildman–Crippen MR) is 68.2 cm³/mol. The second-order valence-corrected chi connectivity index (χ2v) is 4.64. The van der Waals surface area contributed by atoms with Crippen LogP contribution in [-0.4, -0.2) is 18.2 Å². The minimum Gasteiger partial charge on any atom is -0.466 e. The number of aliphatic hydroxyl groups excluding tert-OH is 1. The van der Waals surface area contributed by atoms with E-state index in [0.29, 0.717) is 5.76 Å². The fraction of sp³-hybridized carbons (Fsp3) is 0.429. The number of anilines is 1. The van der Waals surface area contributed by atoms with Crippen LogP contribution >= 0.6 is 0 Å². The Labute approximate surface area is 101 Å². The van der Waals surface area contributed by atoms with E-state index in [4.69, 9.17) is 9.52 Å². The van der Waals surface area contributed by atoms with Gasteiger partial charge in [0.2, 0.25) is 0 Å². The maximum atomic E-state index is 9.14. The van der Waals surface area contributed by atoms with Gasteiger partial charge in [-0.25, -0.2) is 0 Å².